The van der Waals surface area contributed by atoms with Crippen LogP contribution in [0.2, 0.25) is 5.02 Å². The summed E-state index contributed by atoms with van der Waals surface area (Å²) < 4.78 is 14.8. The normalized spacial score (nSPS) is 13.5. The molecule has 9 heteroatoms. The van der Waals surface area contributed by atoms with Crippen LogP contribution in [0.4, 0.5) is 10.1 Å². The topological polar surface area (TPSA) is 64.7 Å². The molecule has 2 aromatic rings. The maximum absolute atomic E-state index is 14.8. The number of carbonyl (C=O) groups is 2. The molecule has 0 saturated carbocycles. The Morgan fingerprint density at radius 3 is 2.74 bits per heavy atom. The number of fused-ring (bicyclic) bond motifs is 1. The predicted molar refractivity (Wildman–Crippen MR) is 137 cm³/mol. The largest absolute Gasteiger partial charge is 0.372 e. The van der Waals surface area contributed by atoms with Gasteiger partial charge < -0.3 is 25.2 Å². The number of aldehydes is 1. The van der Waals surface area contributed by atoms with Gasteiger partial charge in [0.25, 0.3) is 5.91 Å². The number of carbonyl (C=O) groups excluding carboxylic acids is 2. The second-order valence-electron chi connectivity index (χ2n) is 8.22. The quantitative estimate of drug-likeness (QED) is 0.452. The molecule has 1 atom stereocenters. The second kappa shape index (κ2) is 12.2. The molecule has 1 aliphatic rings. The number of likely N-dealkylation sites (N-methyl/N-ethyl adjacent to an activating group) is 2. The highest BCUT2D eigenvalue weighted by molar-refractivity contribution is 8.03. The fraction of sp³-hybridized carbons (Fsp3) is 0.360. The molecular weight excluding hydrogens is 475 g/mol. The summed E-state index contributed by atoms with van der Waals surface area (Å²) in [5, 5.41) is 7.85. The van der Waals surface area contributed by atoms with Crippen molar-refractivity contribution in [1.29, 1.82) is 0 Å². The minimum absolute atomic E-state index is 0.227. The summed E-state index contributed by atoms with van der Waals surface area (Å²) in [7, 11) is 5.28. The highest BCUT2D eigenvalue weighted by Gasteiger charge is 2.18. The number of hydrogen-bond acceptors (Lipinski definition) is 6. The lowest BCUT2D eigenvalue weighted by atomic mass is 10.1. The van der Waals surface area contributed by atoms with Crippen molar-refractivity contribution in [3.63, 3.8) is 0 Å². The molecule has 1 aliphatic heterocycles. The number of benzene rings is 2. The predicted octanol–water partition coefficient (Wildman–Crippen LogP) is 3.94. The van der Waals surface area contributed by atoms with Crippen LogP contribution in [0.3, 0.4) is 0 Å². The number of amides is 1. The summed E-state index contributed by atoms with van der Waals surface area (Å²) in [5.41, 5.74) is 1.89. The van der Waals surface area contributed by atoms with E-state index in [4.69, 9.17) is 11.6 Å². The van der Waals surface area contributed by atoms with Gasteiger partial charge in [-0.15, -0.1) is 0 Å². The molecule has 182 valence electrons. The van der Waals surface area contributed by atoms with Crippen LogP contribution in [0.15, 0.2) is 52.4 Å². The number of nitrogens with one attached hydrogen (secondary N) is 2. The lowest BCUT2D eigenvalue weighted by Crippen LogP contribution is -2.34. The van der Waals surface area contributed by atoms with Gasteiger partial charge in [-0.2, -0.15) is 0 Å². The first-order chi connectivity index (χ1) is 16.3. The molecule has 0 saturated heterocycles. The summed E-state index contributed by atoms with van der Waals surface area (Å²) in [4.78, 5) is 28.6. The third-order valence-electron chi connectivity index (χ3n) is 5.67. The third-order valence-corrected chi connectivity index (χ3v) is 7.01. The lowest BCUT2D eigenvalue weighted by Gasteiger charge is -2.25. The van der Waals surface area contributed by atoms with Crippen molar-refractivity contribution in [3.8, 4) is 0 Å². The summed E-state index contributed by atoms with van der Waals surface area (Å²) in [6.07, 6.45) is 4.20. The van der Waals surface area contributed by atoms with E-state index in [-0.39, 0.29) is 5.91 Å². The average Bonchev–Trinajstić information content (AvgIpc) is 2.83. The number of nitrogens with zero attached hydrogens (tertiary/aromatic N) is 2. The molecule has 1 heterocycles. The van der Waals surface area contributed by atoms with Crippen molar-refractivity contribution >= 4 is 41.2 Å². The van der Waals surface area contributed by atoms with Gasteiger partial charge in [0.15, 0.2) is 0 Å². The van der Waals surface area contributed by atoms with Crippen LogP contribution in [0, 0.1) is 5.82 Å². The van der Waals surface area contributed by atoms with Gasteiger partial charge in [0.2, 0.25) is 0 Å². The Morgan fingerprint density at radius 2 is 2.03 bits per heavy atom. The number of anilines is 1. The number of allylic oxidation sites excluding steroid dienone is 1. The summed E-state index contributed by atoms with van der Waals surface area (Å²) >= 11 is 7.66. The van der Waals surface area contributed by atoms with Crippen molar-refractivity contribution in [2.45, 2.75) is 23.8 Å². The monoisotopic (exact) mass is 504 g/mol. The summed E-state index contributed by atoms with van der Waals surface area (Å²) in [6, 6.07) is 9.92. The molecule has 0 radical (unpaired) electrons. The van der Waals surface area contributed by atoms with Crippen molar-refractivity contribution in [1.82, 2.24) is 15.5 Å². The molecule has 3 rings (SSSR count). The molecule has 0 fully saturated rings. The highest BCUT2D eigenvalue weighted by atomic mass is 35.5. The Labute approximate surface area is 209 Å². The van der Waals surface area contributed by atoms with Crippen molar-refractivity contribution < 1.29 is 14.0 Å². The molecule has 2 N–H and O–H groups in total. The van der Waals surface area contributed by atoms with E-state index in [1.807, 2.05) is 25.2 Å². The second-order valence-corrected chi connectivity index (χ2v) is 9.74. The molecule has 6 nitrogen and oxygen atoms in total. The molecular formula is C25H30ClFN4O2S. The van der Waals surface area contributed by atoms with Gasteiger partial charge in [-0.3, -0.25) is 4.79 Å². The molecule has 1 amide bonds. The van der Waals surface area contributed by atoms with Crippen LogP contribution in [0.5, 0.6) is 0 Å². The third kappa shape index (κ3) is 6.74. The number of thioether (sulfide) groups is 1. The van der Waals surface area contributed by atoms with Gasteiger partial charge in [-0.1, -0.05) is 29.4 Å². The van der Waals surface area contributed by atoms with Gasteiger partial charge in [-0.25, -0.2) is 4.39 Å². The Bertz CT molecular complexity index is 1070. The first-order valence-corrected chi connectivity index (χ1v) is 12.3. The van der Waals surface area contributed by atoms with E-state index in [2.05, 4.69) is 16.7 Å². The zero-order chi connectivity index (χ0) is 24.7. The smallest absolute Gasteiger partial charge is 0.253 e. The van der Waals surface area contributed by atoms with E-state index >= 15 is 0 Å². The molecule has 0 spiro atoms. The average molecular weight is 505 g/mol. The van der Waals surface area contributed by atoms with Crippen LogP contribution < -0.4 is 15.5 Å². The van der Waals surface area contributed by atoms with Crippen molar-refractivity contribution in [2.75, 3.05) is 45.7 Å². The Morgan fingerprint density at radius 1 is 1.24 bits per heavy atom. The van der Waals surface area contributed by atoms with Crippen molar-refractivity contribution in [3.05, 3.63) is 69.5 Å². The van der Waals surface area contributed by atoms with E-state index < -0.39 is 11.9 Å². The summed E-state index contributed by atoms with van der Waals surface area (Å²) in [6.45, 7) is 1.65. The molecule has 1 unspecified atom stereocenters. The highest BCUT2D eigenvalue weighted by Crippen LogP contribution is 2.35. The van der Waals surface area contributed by atoms with Crippen molar-refractivity contribution in [2.24, 2.45) is 0 Å². The Balaban J connectivity index is 1.56. The first-order valence-electron chi connectivity index (χ1n) is 11.1. The standard InChI is InChI=1S/C25H30ClFN4O2S/c1-28-11-13-31(3)25(33)18-5-8-22(21(27)14-18)30(2)12-10-20(16-32)29-24-9-6-17-4-7-19(26)15-23(17)34-24/h4-5,7-9,14-16,20,28-29H,6,10-13H2,1-3H3. The van der Waals surface area contributed by atoms with Crippen LogP contribution in [-0.4, -0.2) is 63.9 Å². The number of rotatable bonds is 11. The van der Waals surface area contributed by atoms with Gasteiger partial charge in [0.1, 0.15) is 12.1 Å². The Hall–Kier alpha value is -2.55. The fourth-order valence-electron chi connectivity index (χ4n) is 3.60. The van der Waals surface area contributed by atoms with Gasteiger partial charge in [-0.05, 0) is 61.9 Å². The zero-order valence-corrected chi connectivity index (χ0v) is 21.2. The van der Waals surface area contributed by atoms with Crippen LogP contribution in [0.1, 0.15) is 22.3 Å². The molecule has 2 aromatic carbocycles. The van der Waals surface area contributed by atoms with E-state index in [1.165, 1.54) is 11.6 Å². The lowest BCUT2D eigenvalue weighted by molar-refractivity contribution is -0.109. The minimum atomic E-state index is -0.468. The van der Waals surface area contributed by atoms with E-state index in [0.29, 0.717) is 42.3 Å². The molecule has 0 aromatic heterocycles. The van der Waals surface area contributed by atoms with Crippen LogP contribution in [-0.2, 0) is 11.2 Å². The van der Waals surface area contributed by atoms with Gasteiger partial charge >= 0.3 is 0 Å². The van der Waals surface area contributed by atoms with E-state index in [1.54, 1.807) is 47.8 Å². The first kappa shape index (κ1) is 26.1. The van der Waals surface area contributed by atoms with E-state index in [0.717, 1.165) is 22.6 Å². The molecule has 34 heavy (non-hydrogen) atoms. The van der Waals surface area contributed by atoms with Crippen LogP contribution >= 0.6 is 23.4 Å². The number of hydrogen-bond donors (Lipinski definition) is 2. The zero-order valence-electron chi connectivity index (χ0n) is 19.6. The molecule has 0 aliphatic carbocycles. The molecule has 0 bridgehead atoms. The SMILES string of the molecule is CNCCN(C)C(=O)c1ccc(N(C)CCC(C=O)NC2=CCc3ccc(Cl)cc3S2)c(F)c1. The van der Waals surface area contributed by atoms with Gasteiger partial charge in [0.05, 0.1) is 16.8 Å². The van der Waals surface area contributed by atoms with Crippen LogP contribution in [0.25, 0.3) is 0 Å². The summed E-state index contributed by atoms with van der Waals surface area (Å²) in [5.74, 6) is -0.695. The van der Waals surface area contributed by atoms with E-state index in [9.17, 15) is 14.0 Å². The maximum Gasteiger partial charge on any atom is 0.253 e. The Kier molecular flexibility index (Phi) is 9.38. The number of halogens is 2. The minimum Gasteiger partial charge on any atom is -0.372 e. The maximum atomic E-state index is 14.8. The van der Waals surface area contributed by atoms with Gasteiger partial charge in [0, 0.05) is 49.2 Å². The fourth-order valence-corrected chi connectivity index (χ4v) is 4.92.